The summed E-state index contributed by atoms with van der Waals surface area (Å²) in [4.78, 5) is 27.1. The van der Waals surface area contributed by atoms with Crippen LogP contribution < -0.4 is 10.1 Å². The van der Waals surface area contributed by atoms with Crippen LogP contribution in [-0.4, -0.2) is 49.1 Å². The van der Waals surface area contributed by atoms with E-state index in [-0.39, 0.29) is 11.8 Å². The summed E-state index contributed by atoms with van der Waals surface area (Å²) in [5.74, 6) is 0.108. The van der Waals surface area contributed by atoms with Crippen LogP contribution in [0, 0.1) is 18.3 Å². The maximum Gasteiger partial charge on any atom is 0.265 e. The van der Waals surface area contributed by atoms with Gasteiger partial charge in [-0.3, -0.25) is 9.59 Å². The van der Waals surface area contributed by atoms with Crippen LogP contribution >= 0.6 is 0 Å². The molecule has 0 aromatic heterocycles. The minimum absolute atomic E-state index is 0.0659. The van der Waals surface area contributed by atoms with E-state index in [1.165, 1.54) is 0 Å². The number of nitrogens with one attached hydrogen (secondary N) is 1. The molecule has 1 aliphatic heterocycles. The van der Waals surface area contributed by atoms with Gasteiger partial charge in [0.2, 0.25) is 0 Å². The normalized spacial score (nSPS) is 14.6. The molecule has 2 aromatic rings. The number of benzene rings is 2. The first-order chi connectivity index (χ1) is 14.0. The lowest BCUT2D eigenvalue weighted by molar-refractivity contribution is -0.122. The molecule has 2 aromatic carbocycles. The Hall–Kier alpha value is -3.37. The lowest BCUT2D eigenvalue weighted by Gasteiger charge is -2.27. The molecule has 1 N–H and O–H groups in total. The van der Waals surface area contributed by atoms with Gasteiger partial charge in [-0.05, 0) is 55.8 Å². The molecule has 1 fully saturated rings. The van der Waals surface area contributed by atoms with Crippen molar-refractivity contribution in [1.82, 2.24) is 4.90 Å². The van der Waals surface area contributed by atoms with Gasteiger partial charge in [0, 0.05) is 24.3 Å². The summed E-state index contributed by atoms with van der Waals surface area (Å²) in [7, 11) is 0. The summed E-state index contributed by atoms with van der Waals surface area (Å²) in [6, 6.07) is 13.9. The monoisotopic (exact) mass is 393 g/mol. The van der Waals surface area contributed by atoms with Crippen LogP contribution in [0.25, 0.3) is 0 Å². The van der Waals surface area contributed by atoms with Crippen LogP contribution in [0.2, 0.25) is 0 Å². The highest BCUT2D eigenvalue weighted by Crippen LogP contribution is 2.22. The van der Waals surface area contributed by atoms with E-state index in [2.05, 4.69) is 5.32 Å². The third kappa shape index (κ3) is 4.92. The number of carbonyl (C=O) groups excluding carboxylic acids is 2. The van der Waals surface area contributed by atoms with Crippen molar-refractivity contribution in [3.8, 4) is 11.8 Å². The quantitative estimate of drug-likeness (QED) is 0.843. The molecule has 1 atom stereocenters. The summed E-state index contributed by atoms with van der Waals surface area (Å²) < 4.78 is 10.9. The molecule has 0 saturated carbocycles. The Morgan fingerprint density at radius 3 is 2.52 bits per heavy atom. The number of nitrogens with zero attached hydrogens (tertiary/aromatic N) is 2. The van der Waals surface area contributed by atoms with Gasteiger partial charge in [-0.2, -0.15) is 5.26 Å². The van der Waals surface area contributed by atoms with Gasteiger partial charge < -0.3 is 19.7 Å². The first kappa shape index (κ1) is 20.4. The predicted molar refractivity (Wildman–Crippen MR) is 108 cm³/mol. The molecule has 0 radical (unpaired) electrons. The van der Waals surface area contributed by atoms with Crippen molar-refractivity contribution in [2.24, 2.45) is 0 Å². The average Bonchev–Trinajstić information content (AvgIpc) is 2.75. The highest BCUT2D eigenvalue weighted by molar-refractivity contribution is 6.00. The summed E-state index contributed by atoms with van der Waals surface area (Å²) >= 11 is 0. The van der Waals surface area contributed by atoms with Crippen molar-refractivity contribution >= 4 is 17.5 Å². The van der Waals surface area contributed by atoms with E-state index < -0.39 is 6.10 Å². The Morgan fingerprint density at radius 2 is 1.86 bits per heavy atom. The Balaban J connectivity index is 1.68. The molecule has 7 nitrogen and oxygen atoms in total. The van der Waals surface area contributed by atoms with Gasteiger partial charge in [0.05, 0.1) is 24.8 Å². The molecule has 1 heterocycles. The second-order valence-electron chi connectivity index (χ2n) is 6.77. The molecule has 1 saturated heterocycles. The van der Waals surface area contributed by atoms with E-state index in [1.54, 1.807) is 54.3 Å². The van der Waals surface area contributed by atoms with Crippen molar-refractivity contribution in [1.29, 1.82) is 5.26 Å². The van der Waals surface area contributed by atoms with E-state index in [0.717, 1.165) is 0 Å². The number of amides is 2. The molecule has 29 heavy (non-hydrogen) atoms. The molecule has 0 bridgehead atoms. The smallest absolute Gasteiger partial charge is 0.265 e. The SMILES string of the molecule is Cc1c(NC(=O)C(C)Oc2ccc(C#N)cc2)cccc1C(=O)N1CCOCC1. The molecule has 7 heteroatoms. The molecule has 0 aliphatic carbocycles. The zero-order chi connectivity index (χ0) is 20.8. The fraction of sp³-hybridized carbons (Fsp3) is 0.318. The van der Waals surface area contributed by atoms with Crippen LogP contribution in [-0.2, 0) is 9.53 Å². The van der Waals surface area contributed by atoms with Crippen molar-refractivity contribution in [2.75, 3.05) is 31.6 Å². The fourth-order valence-corrected chi connectivity index (χ4v) is 3.04. The predicted octanol–water partition coefficient (Wildman–Crippen LogP) is 2.75. The van der Waals surface area contributed by atoms with E-state index in [0.29, 0.717) is 54.4 Å². The molecular weight excluding hydrogens is 370 g/mol. The number of ether oxygens (including phenoxy) is 2. The third-order valence-electron chi connectivity index (χ3n) is 4.79. The van der Waals surface area contributed by atoms with Crippen molar-refractivity contribution in [2.45, 2.75) is 20.0 Å². The van der Waals surface area contributed by atoms with Gasteiger partial charge in [0.15, 0.2) is 6.10 Å². The van der Waals surface area contributed by atoms with E-state index in [9.17, 15) is 9.59 Å². The highest BCUT2D eigenvalue weighted by atomic mass is 16.5. The third-order valence-corrected chi connectivity index (χ3v) is 4.79. The Labute approximate surface area is 169 Å². The maximum atomic E-state index is 12.8. The Morgan fingerprint density at radius 1 is 1.17 bits per heavy atom. The van der Waals surface area contributed by atoms with Crippen LogP contribution in [0.5, 0.6) is 5.75 Å². The van der Waals surface area contributed by atoms with Gasteiger partial charge in [0.25, 0.3) is 11.8 Å². The minimum Gasteiger partial charge on any atom is -0.481 e. The number of hydrogen-bond acceptors (Lipinski definition) is 5. The fourth-order valence-electron chi connectivity index (χ4n) is 3.04. The molecule has 1 aliphatic rings. The second-order valence-corrected chi connectivity index (χ2v) is 6.77. The number of carbonyl (C=O) groups is 2. The number of rotatable bonds is 5. The molecule has 2 amide bonds. The second kappa shape index (κ2) is 9.22. The number of anilines is 1. The van der Waals surface area contributed by atoms with Crippen LogP contribution in [0.15, 0.2) is 42.5 Å². The van der Waals surface area contributed by atoms with Gasteiger partial charge in [-0.15, -0.1) is 0 Å². The summed E-state index contributed by atoms with van der Waals surface area (Å²) in [6.07, 6.45) is -0.749. The number of hydrogen-bond donors (Lipinski definition) is 1. The zero-order valence-corrected chi connectivity index (χ0v) is 16.5. The van der Waals surface area contributed by atoms with Crippen molar-refractivity contribution in [3.63, 3.8) is 0 Å². The highest BCUT2D eigenvalue weighted by Gasteiger charge is 2.22. The Bertz CT molecular complexity index is 928. The van der Waals surface area contributed by atoms with Crippen molar-refractivity contribution in [3.05, 3.63) is 59.2 Å². The largest absolute Gasteiger partial charge is 0.481 e. The van der Waals surface area contributed by atoms with Crippen molar-refractivity contribution < 1.29 is 19.1 Å². The van der Waals surface area contributed by atoms with Gasteiger partial charge >= 0.3 is 0 Å². The first-order valence-corrected chi connectivity index (χ1v) is 9.44. The summed E-state index contributed by atoms with van der Waals surface area (Å²) in [5, 5.41) is 11.7. The standard InChI is InChI=1S/C22H23N3O4/c1-15-19(22(27)25-10-12-28-13-11-25)4-3-5-20(15)24-21(26)16(2)29-18-8-6-17(14-23)7-9-18/h3-9,16H,10-13H2,1-2H3,(H,24,26). The minimum atomic E-state index is -0.749. The zero-order valence-electron chi connectivity index (χ0n) is 16.5. The van der Waals surface area contributed by atoms with Crippen LogP contribution in [0.1, 0.15) is 28.4 Å². The van der Waals surface area contributed by atoms with E-state index >= 15 is 0 Å². The topological polar surface area (TPSA) is 91.7 Å². The van der Waals surface area contributed by atoms with Gasteiger partial charge in [0.1, 0.15) is 5.75 Å². The first-order valence-electron chi connectivity index (χ1n) is 9.44. The molecule has 0 spiro atoms. The maximum absolute atomic E-state index is 12.8. The summed E-state index contributed by atoms with van der Waals surface area (Å²) in [5.41, 5.74) is 2.37. The van der Waals surface area contributed by atoms with Gasteiger partial charge in [-0.25, -0.2) is 0 Å². The van der Waals surface area contributed by atoms with E-state index in [4.69, 9.17) is 14.7 Å². The molecule has 150 valence electrons. The molecule has 3 rings (SSSR count). The number of nitriles is 1. The summed E-state index contributed by atoms with van der Waals surface area (Å²) in [6.45, 7) is 5.65. The average molecular weight is 393 g/mol. The van der Waals surface area contributed by atoms with Crippen LogP contribution in [0.3, 0.4) is 0 Å². The Kier molecular flexibility index (Phi) is 6.47. The molecular formula is C22H23N3O4. The lowest BCUT2D eigenvalue weighted by atomic mass is 10.0. The van der Waals surface area contributed by atoms with Gasteiger partial charge in [-0.1, -0.05) is 6.07 Å². The number of morpholine rings is 1. The van der Waals surface area contributed by atoms with Crippen LogP contribution in [0.4, 0.5) is 5.69 Å². The van der Waals surface area contributed by atoms with E-state index in [1.807, 2.05) is 13.0 Å². The molecule has 1 unspecified atom stereocenters. The lowest BCUT2D eigenvalue weighted by Crippen LogP contribution is -2.41.